The predicted octanol–water partition coefficient (Wildman–Crippen LogP) is 1.84. The van der Waals surface area contributed by atoms with Crippen LogP contribution in [0.25, 0.3) is 0 Å². The Labute approximate surface area is 323 Å². The molecule has 0 bridgehead atoms. The first kappa shape index (κ1) is 47.2. The van der Waals surface area contributed by atoms with Crippen LogP contribution in [0.3, 0.4) is 0 Å². The first-order valence-corrected chi connectivity index (χ1v) is 19.7. The van der Waals surface area contributed by atoms with Crippen LogP contribution in [0.4, 0.5) is 0 Å². The van der Waals surface area contributed by atoms with Gasteiger partial charge in [0, 0.05) is 82.7 Å². The molecule has 1 heterocycles. The van der Waals surface area contributed by atoms with E-state index in [1.54, 1.807) is 6.92 Å². The molecule has 1 aliphatic carbocycles. The van der Waals surface area contributed by atoms with Crippen LogP contribution in [0.5, 0.6) is 0 Å². The Morgan fingerprint density at radius 1 is 0.800 bits per heavy atom. The van der Waals surface area contributed by atoms with Crippen molar-refractivity contribution < 1.29 is 62.8 Å². The number of ketones is 1. The summed E-state index contributed by atoms with van der Waals surface area (Å²) in [6.07, 6.45) is 4.76. The van der Waals surface area contributed by atoms with Crippen molar-refractivity contribution in [1.82, 2.24) is 20.9 Å². The molecular formula is C38H62N4O13. The molecule has 0 spiro atoms. The third-order valence-electron chi connectivity index (χ3n) is 10.0. The van der Waals surface area contributed by atoms with Crippen LogP contribution in [-0.4, -0.2) is 128 Å². The molecule has 312 valence electrons. The summed E-state index contributed by atoms with van der Waals surface area (Å²) in [7, 11) is 0. The van der Waals surface area contributed by atoms with Crippen LogP contribution < -0.4 is 16.0 Å². The Bertz CT molecular complexity index is 1270. The van der Waals surface area contributed by atoms with E-state index in [0.717, 1.165) is 24.2 Å². The number of imide groups is 1. The molecule has 1 saturated carbocycles. The Balaban J connectivity index is 1.52. The van der Waals surface area contributed by atoms with Crippen molar-refractivity contribution in [2.75, 3.05) is 59.3 Å². The van der Waals surface area contributed by atoms with Crippen LogP contribution in [0.15, 0.2) is 0 Å². The molecule has 0 aromatic carbocycles. The molecule has 1 aliphatic heterocycles. The topological polar surface area (TPSA) is 244 Å². The maximum Gasteiger partial charge on any atom is 0.326 e. The van der Waals surface area contributed by atoms with Crippen molar-refractivity contribution in [3.05, 3.63) is 0 Å². The summed E-state index contributed by atoms with van der Waals surface area (Å²) < 4.78 is 16.5. The van der Waals surface area contributed by atoms with E-state index in [-0.39, 0.29) is 99.3 Å². The summed E-state index contributed by atoms with van der Waals surface area (Å²) in [6.45, 7) is 6.67. The lowest BCUT2D eigenvalue weighted by Gasteiger charge is -2.28. The average Bonchev–Trinajstić information content (AvgIpc) is 3.40. The van der Waals surface area contributed by atoms with E-state index < -0.39 is 29.8 Å². The van der Waals surface area contributed by atoms with E-state index in [9.17, 15) is 43.5 Å². The minimum Gasteiger partial charge on any atom is -0.481 e. The fourth-order valence-corrected chi connectivity index (χ4v) is 6.54. The van der Waals surface area contributed by atoms with Gasteiger partial charge in [0.05, 0.1) is 26.4 Å². The highest BCUT2D eigenvalue weighted by Crippen LogP contribution is 2.31. The number of nitrogens with zero attached hydrogens (tertiary/aromatic N) is 1. The molecule has 17 nitrogen and oxygen atoms in total. The number of ether oxygens (including phenoxy) is 3. The number of carbonyl (C=O) groups excluding carboxylic acids is 6. The summed E-state index contributed by atoms with van der Waals surface area (Å²) in [4.78, 5) is 98.1. The lowest BCUT2D eigenvalue weighted by molar-refractivity contribution is -0.143. The molecular weight excluding hydrogens is 720 g/mol. The van der Waals surface area contributed by atoms with Gasteiger partial charge in [0.25, 0.3) is 0 Å². The molecule has 55 heavy (non-hydrogen) atoms. The molecule has 0 radical (unpaired) electrons. The van der Waals surface area contributed by atoms with E-state index in [4.69, 9.17) is 19.3 Å². The van der Waals surface area contributed by atoms with Crippen molar-refractivity contribution in [3.63, 3.8) is 0 Å². The normalized spacial score (nSPS) is 19.5. The third kappa shape index (κ3) is 19.5. The van der Waals surface area contributed by atoms with E-state index in [0.29, 0.717) is 77.8 Å². The number of hydrogen-bond donors (Lipinski definition) is 5. The highest BCUT2D eigenvalue weighted by molar-refractivity contribution is 6.03. The fraction of sp³-hybridized carbons (Fsp3) is 0.789. The number of nitrogens with one attached hydrogen (secondary N) is 3. The molecule has 17 heteroatoms. The van der Waals surface area contributed by atoms with Crippen molar-refractivity contribution >= 4 is 47.3 Å². The average molecular weight is 783 g/mol. The quantitative estimate of drug-likeness (QED) is 0.0517. The summed E-state index contributed by atoms with van der Waals surface area (Å²) in [5.74, 6) is -5.08. The fourth-order valence-electron chi connectivity index (χ4n) is 6.54. The first-order valence-electron chi connectivity index (χ1n) is 19.7. The second kappa shape index (κ2) is 26.8. The molecule has 1 saturated heterocycles. The largest absolute Gasteiger partial charge is 0.481 e. The highest BCUT2D eigenvalue weighted by Gasteiger charge is 2.35. The Kier molecular flexibility index (Phi) is 23.0. The van der Waals surface area contributed by atoms with Gasteiger partial charge in [-0.05, 0) is 57.3 Å². The summed E-state index contributed by atoms with van der Waals surface area (Å²) in [5, 5.41) is 26.8. The molecule has 2 fully saturated rings. The number of carbonyl (C=O) groups is 8. The zero-order valence-electron chi connectivity index (χ0n) is 32.5. The second-order valence-electron chi connectivity index (χ2n) is 14.4. The second-order valence-corrected chi connectivity index (χ2v) is 14.4. The van der Waals surface area contributed by atoms with Crippen molar-refractivity contribution in [2.24, 2.45) is 23.7 Å². The number of hydrogen-bond acceptors (Lipinski definition) is 11. The van der Waals surface area contributed by atoms with Gasteiger partial charge in [-0.15, -0.1) is 0 Å². The van der Waals surface area contributed by atoms with E-state index in [1.807, 2.05) is 0 Å². The number of rotatable bonds is 30. The number of amides is 5. The molecule has 5 N–H and O–H groups in total. The van der Waals surface area contributed by atoms with Gasteiger partial charge in [0.1, 0.15) is 11.8 Å². The van der Waals surface area contributed by atoms with Crippen molar-refractivity contribution in [2.45, 2.75) is 110 Å². The van der Waals surface area contributed by atoms with Crippen molar-refractivity contribution in [1.29, 1.82) is 0 Å². The van der Waals surface area contributed by atoms with E-state index in [1.165, 1.54) is 0 Å². The number of carboxylic acids is 2. The Hall–Kier alpha value is -3.96. The van der Waals surface area contributed by atoms with E-state index >= 15 is 0 Å². The zero-order valence-corrected chi connectivity index (χ0v) is 32.5. The van der Waals surface area contributed by atoms with Gasteiger partial charge in [-0.25, -0.2) is 4.79 Å². The summed E-state index contributed by atoms with van der Waals surface area (Å²) >= 11 is 0. The van der Waals surface area contributed by atoms with Crippen LogP contribution in [0, 0.1) is 23.7 Å². The van der Waals surface area contributed by atoms with Crippen molar-refractivity contribution in [3.8, 4) is 0 Å². The lowest BCUT2D eigenvalue weighted by Crippen LogP contribution is -2.44. The zero-order chi connectivity index (χ0) is 40.6. The van der Waals surface area contributed by atoms with Crippen LogP contribution >= 0.6 is 0 Å². The number of Topliss-reactive ketones (excluding diaryl/α,β-unsaturated/α-hetero) is 1. The highest BCUT2D eigenvalue weighted by atomic mass is 16.5. The molecule has 3 atom stereocenters. The summed E-state index contributed by atoms with van der Waals surface area (Å²) in [5.41, 5.74) is 0. The van der Waals surface area contributed by atoms with Gasteiger partial charge in [-0.1, -0.05) is 20.3 Å². The maximum absolute atomic E-state index is 12.8. The molecule has 2 rings (SSSR count). The van der Waals surface area contributed by atoms with E-state index in [2.05, 4.69) is 22.9 Å². The number of carboxylic acid groups (broad SMARTS) is 2. The van der Waals surface area contributed by atoms with Crippen LogP contribution in [0.2, 0.25) is 0 Å². The SMILES string of the molecule is CCC1CCC(C(=O)NC(CCC(=O)CC(CCC(=O)O)C(=O)NCCCOCCOCCOCCCNC(=O)CCN2C(=O)CC(C)C2=O)C(=O)O)CC1. The molecule has 0 aromatic heterocycles. The minimum absolute atomic E-state index is 0.0485. The predicted molar refractivity (Wildman–Crippen MR) is 197 cm³/mol. The summed E-state index contributed by atoms with van der Waals surface area (Å²) in [6, 6.07) is -1.23. The van der Waals surface area contributed by atoms with Gasteiger partial charge in [-0.3, -0.25) is 38.5 Å². The molecule has 0 aromatic rings. The minimum atomic E-state index is -1.24. The van der Waals surface area contributed by atoms with Gasteiger partial charge in [0.2, 0.25) is 29.5 Å². The van der Waals surface area contributed by atoms with Crippen LogP contribution in [0.1, 0.15) is 104 Å². The van der Waals surface area contributed by atoms with Crippen LogP contribution in [-0.2, 0) is 52.6 Å². The van der Waals surface area contributed by atoms with Gasteiger partial charge < -0.3 is 40.4 Å². The Morgan fingerprint density at radius 3 is 1.95 bits per heavy atom. The Morgan fingerprint density at radius 2 is 1.40 bits per heavy atom. The van der Waals surface area contributed by atoms with Gasteiger partial charge in [-0.2, -0.15) is 0 Å². The standard InChI is InChI=1S/C38H62N4O13/c1-3-27-6-8-28(9-7-27)36(49)41-31(38(51)52)12-11-30(43)25-29(10-13-34(46)47)35(48)40-16-5-19-54-21-23-55-22-20-53-18-4-15-39-32(44)14-17-42-33(45)24-26(2)37(42)50/h26-29,31H,3-25H2,1-2H3,(H,39,44)(H,40,48)(H,41,49)(H,46,47)(H,51,52). The lowest BCUT2D eigenvalue weighted by atomic mass is 9.80. The first-order chi connectivity index (χ1) is 26.3. The molecule has 5 amide bonds. The maximum atomic E-state index is 12.8. The van der Waals surface area contributed by atoms with Gasteiger partial charge in [0.15, 0.2) is 0 Å². The molecule has 2 aliphatic rings. The van der Waals surface area contributed by atoms with Gasteiger partial charge >= 0.3 is 11.9 Å². The number of aliphatic carboxylic acids is 2. The smallest absolute Gasteiger partial charge is 0.326 e. The monoisotopic (exact) mass is 782 g/mol. The third-order valence-corrected chi connectivity index (χ3v) is 10.0. The number of likely N-dealkylation sites (tertiary alicyclic amines) is 1. The molecule has 3 unspecified atom stereocenters.